The Kier molecular flexibility index (Phi) is 5.51. The van der Waals surface area contributed by atoms with Crippen LogP contribution < -0.4 is 5.32 Å². The minimum Gasteiger partial charge on any atom is -0.313 e. The first-order valence-corrected chi connectivity index (χ1v) is 7.71. The van der Waals surface area contributed by atoms with Crippen LogP contribution in [0.25, 0.3) is 0 Å². The Labute approximate surface area is 127 Å². The fourth-order valence-corrected chi connectivity index (χ4v) is 2.78. The lowest BCUT2D eigenvalue weighted by molar-refractivity contribution is 0.579. The van der Waals surface area contributed by atoms with Gasteiger partial charge in [0.1, 0.15) is 5.82 Å². The van der Waals surface area contributed by atoms with Crippen molar-refractivity contribution in [3.8, 4) is 0 Å². The second kappa shape index (κ2) is 7.37. The van der Waals surface area contributed by atoms with E-state index in [0.29, 0.717) is 0 Å². The summed E-state index contributed by atoms with van der Waals surface area (Å²) in [6, 6.07) is 13.8. The third kappa shape index (κ3) is 3.92. The van der Waals surface area contributed by atoms with Gasteiger partial charge in [0.15, 0.2) is 0 Å². The lowest BCUT2D eigenvalue weighted by Gasteiger charge is -2.21. The molecule has 0 heterocycles. The molecule has 2 aromatic carbocycles. The molecule has 1 unspecified atom stereocenters. The summed E-state index contributed by atoms with van der Waals surface area (Å²) >= 11 is 0. The van der Waals surface area contributed by atoms with E-state index in [1.54, 1.807) is 12.1 Å². The number of halogens is 1. The number of aryl methyl sites for hydroxylation is 2. The molecule has 0 spiro atoms. The predicted molar refractivity (Wildman–Crippen MR) is 87.1 cm³/mol. The molecule has 1 atom stereocenters. The minimum absolute atomic E-state index is 0.166. The molecule has 0 aromatic heterocycles. The van der Waals surface area contributed by atoms with Crippen molar-refractivity contribution in [2.75, 3.05) is 7.05 Å². The Bertz CT molecular complexity index is 592. The summed E-state index contributed by atoms with van der Waals surface area (Å²) in [5, 5.41) is 3.39. The van der Waals surface area contributed by atoms with Crippen LogP contribution in [0, 0.1) is 5.82 Å². The van der Waals surface area contributed by atoms with Crippen LogP contribution in [-0.2, 0) is 19.3 Å². The SMILES string of the molecule is CCc1ccc(CC)c(C(Cc2cccc(F)c2)NC)c1. The van der Waals surface area contributed by atoms with Crippen molar-refractivity contribution in [3.63, 3.8) is 0 Å². The molecule has 0 aliphatic heterocycles. The second-order valence-electron chi connectivity index (χ2n) is 5.42. The molecule has 0 saturated carbocycles. The van der Waals surface area contributed by atoms with Gasteiger partial charge in [-0.3, -0.25) is 0 Å². The Morgan fingerprint density at radius 1 is 1.00 bits per heavy atom. The summed E-state index contributed by atoms with van der Waals surface area (Å²) in [5.41, 5.74) is 5.08. The molecule has 0 aliphatic rings. The molecule has 2 heteroatoms. The standard InChI is InChI=1S/C19H24FN/c1-4-14-9-10-16(5-2)18(12-14)19(21-3)13-15-7-6-8-17(20)11-15/h6-12,19,21H,4-5,13H2,1-3H3. The van der Waals surface area contributed by atoms with Crippen LogP contribution in [0.3, 0.4) is 0 Å². The van der Waals surface area contributed by atoms with Crippen LogP contribution in [0.4, 0.5) is 4.39 Å². The number of hydrogen-bond acceptors (Lipinski definition) is 1. The van der Waals surface area contributed by atoms with Gasteiger partial charge in [0.05, 0.1) is 0 Å². The second-order valence-corrected chi connectivity index (χ2v) is 5.42. The molecule has 21 heavy (non-hydrogen) atoms. The quantitative estimate of drug-likeness (QED) is 0.826. The van der Waals surface area contributed by atoms with Gasteiger partial charge in [-0.15, -0.1) is 0 Å². The average molecular weight is 285 g/mol. The summed E-state index contributed by atoms with van der Waals surface area (Å²) in [4.78, 5) is 0. The first kappa shape index (κ1) is 15.7. The van der Waals surface area contributed by atoms with Gasteiger partial charge < -0.3 is 5.32 Å². The third-order valence-electron chi connectivity index (χ3n) is 4.05. The Balaban J connectivity index is 2.32. The van der Waals surface area contributed by atoms with Crippen molar-refractivity contribution in [1.29, 1.82) is 0 Å². The number of likely N-dealkylation sites (N-methyl/N-ethyl adjacent to an activating group) is 1. The van der Waals surface area contributed by atoms with Gasteiger partial charge >= 0.3 is 0 Å². The fourth-order valence-electron chi connectivity index (χ4n) is 2.78. The highest BCUT2D eigenvalue weighted by Gasteiger charge is 2.14. The van der Waals surface area contributed by atoms with E-state index in [4.69, 9.17) is 0 Å². The largest absolute Gasteiger partial charge is 0.313 e. The lowest BCUT2D eigenvalue weighted by Crippen LogP contribution is -2.20. The zero-order valence-corrected chi connectivity index (χ0v) is 13.1. The summed E-state index contributed by atoms with van der Waals surface area (Å²) in [6.45, 7) is 4.35. The Morgan fingerprint density at radius 3 is 2.43 bits per heavy atom. The van der Waals surface area contributed by atoms with Crippen LogP contribution >= 0.6 is 0 Å². The van der Waals surface area contributed by atoms with Gasteiger partial charge in [0.2, 0.25) is 0 Å². The van der Waals surface area contributed by atoms with Gasteiger partial charge in [-0.2, -0.15) is 0 Å². The molecule has 0 fully saturated rings. The van der Waals surface area contributed by atoms with E-state index in [2.05, 4.69) is 37.4 Å². The smallest absolute Gasteiger partial charge is 0.123 e. The van der Waals surface area contributed by atoms with Crippen molar-refractivity contribution < 1.29 is 4.39 Å². The van der Waals surface area contributed by atoms with Crippen LogP contribution in [0.15, 0.2) is 42.5 Å². The van der Waals surface area contributed by atoms with Crippen LogP contribution in [0.2, 0.25) is 0 Å². The fraction of sp³-hybridized carbons (Fsp3) is 0.368. The monoisotopic (exact) mass is 285 g/mol. The molecule has 0 saturated heterocycles. The highest BCUT2D eigenvalue weighted by molar-refractivity contribution is 5.36. The molecule has 1 nitrogen and oxygen atoms in total. The molecular formula is C19H24FN. The zero-order chi connectivity index (χ0) is 15.2. The minimum atomic E-state index is -0.166. The summed E-state index contributed by atoms with van der Waals surface area (Å²) in [5.74, 6) is -0.166. The molecule has 0 amide bonds. The van der Waals surface area contributed by atoms with E-state index in [-0.39, 0.29) is 11.9 Å². The third-order valence-corrected chi connectivity index (χ3v) is 4.05. The van der Waals surface area contributed by atoms with E-state index in [9.17, 15) is 4.39 Å². The van der Waals surface area contributed by atoms with Crippen LogP contribution in [0.5, 0.6) is 0 Å². The highest BCUT2D eigenvalue weighted by atomic mass is 19.1. The van der Waals surface area contributed by atoms with Gasteiger partial charge in [0.25, 0.3) is 0 Å². The molecule has 2 rings (SSSR count). The van der Waals surface area contributed by atoms with E-state index in [1.165, 1.54) is 22.8 Å². The Hall–Kier alpha value is -1.67. The van der Waals surface area contributed by atoms with E-state index >= 15 is 0 Å². The van der Waals surface area contributed by atoms with Crippen LogP contribution in [0.1, 0.15) is 42.1 Å². The predicted octanol–water partition coefficient (Wildman–Crippen LogP) is 4.45. The maximum atomic E-state index is 13.4. The highest BCUT2D eigenvalue weighted by Crippen LogP contribution is 2.24. The van der Waals surface area contributed by atoms with E-state index in [0.717, 1.165) is 24.8 Å². The number of benzene rings is 2. The van der Waals surface area contributed by atoms with E-state index in [1.807, 2.05) is 13.1 Å². The zero-order valence-electron chi connectivity index (χ0n) is 13.1. The first-order valence-electron chi connectivity index (χ1n) is 7.71. The topological polar surface area (TPSA) is 12.0 Å². The summed E-state index contributed by atoms with van der Waals surface area (Å²) in [6.07, 6.45) is 2.85. The van der Waals surface area contributed by atoms with Gasteiger partial charge in [-0.1, -0.05) is 44.2 Å². The van der Waals surface area contributed by atoms with Crippen molar-refractivity contribution in [3.05, 3.63) is 70.5 Å². The number of hydrogen-bond donors (Lipinski definition) is 1. The molecule has 112 valence electrons. The van der Waals surface area contributed by atoms with E-state index < -0.39 is 0 Å². The Morgan fingerprint density at radius 2 is 1.81 bits per heavy atom. The van der Waals surface area contributed by atoms with Crippen LogP contribution in [-0.4, -0.2) is 7.05 Å². The molecule has 0 bridgehead atoms. The van der Waals surface area contributed by atoms with Crippen molar-refractivity contribution in [1.82, 2.24) is 5.32 Å². The molecule has 0 radical (unpaired) electrons. The normalized spacial score (nSPS) is 12.4. The van der Waals surface area contributed by atoms with Gasteiger partial charge in [-0.25, -0.2) is 4.39 Å². The molecular weight excluding hydrogens is 261 g/mol. The number of nitrogens with one attached hydrogen (secondary N) is 1. The summed E-state index contributed by atoms with van der Waals surface area (Å²) < 4.78 is 13.4. The average Bonchev–Trinajstić information content (AvgIpc) is 2.52. The first-order chi connectivity index (χ1) is 10.2. The maximum absolute atomic E-state index is 13.4. The van der Waals surface area contributed by atoms with Gasteiger partial charge in [-0.05, 0) is 60.7 Å². The van der Waals surface area contributed by atoms with Crippen molar-refractivity contribution in [2.24, 2.45) is 0 Å². The van der Waals surface area contributed by atoms with Crippen molar-refractivity contribution in [2.45, 2.75) is 39.2 Å². The molecule has 0 aliphatic carbocycles. The molecule has 1 N–H and O–H groups in total. The number of rotatable bonds is 6. The lowest BCUT2D eigenvalue weighted by atomic mass is 9.91. The molecule has 2 aromatic rings. The summed E-state index contributed by atoms with van der Waals surface area (Å²) in [7, 11) is 1.97. The van der Waals surface area contributed by atoms with Crippen molar-refractivity contribution >= 4 is 0 Å². The van der Waals surface area contributed by atoms with Gasteiger partial charge in [0, 0.05) is 6.04 Å². The maximum Gasteiger partial charge on any atom is 0.123 e.